The molecule has 3 amide bonds. The Morgan fingerprint density at radius 2 is 1.77 bits per heavy atom. The first-order valence-electron chi connectivity index (χ1n) is 13.9. The molecule has 0 fully saturated rings. The van der Waals surface area contributed by atoms with E-state index in [-0.39, 0.29) is 42.4 Å². The summed E-state index contributed by atoms with van der Waals surface area (Å²) in [6.07, 6.45) is 2.50. The lowest BCUT2D eigenvalue weighted by Gasteiger charge is -2.37. The van der Waals surface area contributed by atoms with Crippen molar-refractivity contribution in [3.63, 3.8) is 0 Å². The Labute approximate surface area is 236 Å². The first-order chi connectivity index (χ1) is 19.1. The number of nitrogens with one attached hydrogen (secondary N) is 2. The molecule has 0 bridgehead atoms. The summed E-state index contributed by atoms with van der Waals surface area (Å²) < 4.78 is 6.30. The molecule has 1 aliphatic rings. The van der Waals surface area contributed by atoms with Gasteiger partial charge in [-0.05, 0) is 64.2 Å². The fourth-order valence-corrected chi connectivity index (χ4v) is 4.67. The first-order valence-corrected chi connectivity index (χ1v) is 13.9. The van der Waals surface area contributed by atoms with Gasteiger partial charge in [-0.15, -0.1) is 0 Å². The van der Waals surface area contributed by atoms with Gasteiger partial charge in [0.1, 0.15) is 11.9 Å². The highest BCUT2D eigenvalue weighted by atomic mass is 16.5. The third kappa shape index (κ3) is 8.69. The minimum absolute atomic E-state index is 0.0513. The lowest BCUT2D eigenvalue weighted by atomic mass is 9.99. The molecule has 2 aromatic carbocycles. The average Bonchev–Trinajstić information content (AvgIpc) is 2.91. The van der Waals surface area contributed by atoms with Crippen molar-refractivity contribution in [1.29, 1.82) is 0 Å². The topological polar surface area (TPSA) is 137 Å². The van der Waals surface area contributed by atoms with Crippen LogP contribution in [0.15, 0.2) is 42.5 Å². The number of likely N-dealkylation sites (N-methyl/N-ethyl adjacent to an activating group) is 1. The van der Waals surface area contributed by atoms with Crippen LogP contribution >= 0.6 is 0 Å². The summed E-state index contributed by atoms with van der Waals surface area (Å²) in [5.41, 5.74) is 7.85. The number of ether oxygens (including phenoxy) is 1. The minimum atomic E-state index is -0.355. The van der Waals surface area contributed by atoms with Crippen LogP contribution in [0.2, 0.25) is 0 Å². The predicted octanol–water partition coefficient (Wildman–Crippen LogP) is 3.58. The van der Waals surface area contributed by atoms with Gasteiger partial charge in [0.2, 0.25) is 11.8 Å². The Balaban J connectivity index is 1.57. The zero-order valence-corrected chi connectivity index (χ0v) is 24.0. The van der Waals surface area contributed by atoms with Crippen molar-refractivity contribution in [3.8, 4) is 5.75 Å². The van der Waals surface area contributed by atoms with Gasteiger partial charge in [-0.25, -0.2) is 0 Å². The summed E-state index contributed by atoms with van der Waals surface area (Å²) in [5.74, 6) is 0.00277. The normalized spacial score (nSPS) is 17.9. The van der Waals surface area contributed by atoms with Crippen LogP contribution in [0.3, 0.4) is 0 Å². The van der Waals surface area contributed by atoms with Crippen LogP contribution < -0.4 is 21.1 Å². The molecule has 40 heavy (non-hydrogen) atoms. The maximum atomic E-state index is 13.5. The second-order valence-corrected chi connectivity index (χ2v) is 10.8. The van der Waals surface area contributed by atoms with Crippen molar-refractivity contribution >= 4 is 34.8 Å². The van der Waals surface area contributed by atoms with Crippen LogP contribution in [-0.2, 0) is 9.59 Å². The van der Waals surface area contributed by atoms with E-state index in [2.05, 4.69) is 10.6 Å². The maximum Gasteiger partial charge on any atom is 0.258 e. The number of nitrogens with two attached hydrogens (primary N) is 1. The molecule has 2 aromatic rings. The lowest BCUT2D eigenvalue weighted by Crippen LogP contribution is -2.49. The molecule has 3 atom stereocenters. The number of rotatable bonds is 12. The van der Waals surface area contributed by atoms with Gasteiger partial charge >= 0.3 is 0 Å². The number of aliphatic hydroxyl groups excluding tert-OH is 1. The molecule has 1 aliphatic heterocycles. The van der Waals surface area contributed by atoms with Gasteiger partial charge in [-0.1, -0.05) is 25.5 Å². The van der Waals surface area contributed by atoms with Crippen LogP contribution in [0.4, 0.5) is 17.1 Å². The zero-order chi connectivity index (χ0) is 29.2. The minimum Gasteiger partial charge on any atom is -0.488 e. The van der Waals surface area contributed by atoms with E-state index in [1.807, 2.05) is 45.0 Å². The number of benzene rings is 2. The second-order valence-electron chi connectivity index (χ2n) is 10.8. The Morgan fingerprint density at radius 1 is 1.10 bits per heavy atom. The van der Waals surface area contributed by atoms with Gasteiger partial charge in [0.05, 0.1) is 29.6 Å². The molecule has 10 nitrogen and oxygen atoms in total. The monoisotopic (exact) mass is 553 g/mol. The summed E-state index contributed by atoms with van der Waals surface area (Å²) in [7, 11) is 3.95. The van der Waals surface area contributed by atoms with Crippen molar-refractivity contribution in [1.82, 2.24) is 9.80 Å². The molecule has 0 radical (unpaired) electrons. The van der Waals surface area contributed by atoms with Gasteiger partial charge in [-0.3, -0.25) is 14.4 Å². The third-order valence-electron chi connectivity index (χ3n) is 7.04. The van der Waals surface area contributed by atoms with E-state index >= 15 is 0 Å². The molecule has 0 aromatic heterocycles. The number of unbranched alkanes of at least 4 members (excludes halogenated alkanes) is 2. The Morgan fingerprint density at radius 3 is 2.42 bits per heavy atom. The van der Waals surface area contributed by atoms with E-state index in [0.717, 1.165) is 6.42 Å². The highest BCUT2D eigenvalue weighted by Gasteiger charge is 2.33. The van der Waals surface area contributed by atoms with E-state index in [4.69, 9.17) is 10.5 Å². The second kappa shape index (κ2) is 14.7. The molecule has 3 rings (SSSR count). The molecule has 0 aliphatic carbocycles. The summed E-state index contributed by atoms with van der Waals surface area (Å²) in [6, 6.07) is 11.9. The summed E-state index contributed by atoms with van der Waals surface area (Å²) >= 11 is 0. The molecule has 0 saturated carbocycles. The Bertz CT molecular complexity index is 1170. The molecule has 0 unspecified atom stereocenters. The van der Waals surface area contributed by atoms with Crippen molar-refractivity contribution in [2.75, 3.05) is 50.2 Å². The van der Waals surface area contributed by atoms with Crippen molar-refractivity contribution in [2.45, 2.75) is 58.1 Å². The highest BCUT2D eigenvalue weighted by Crippen LogP contribution is 2.30. The van der Waals surface area contributed by atoms with Crippen LogP contribution in [0.1, 0.15) is 56.3 Å². The van der Waals surface area contributed by atoms with Crippen molar-refractivity contribution in [2.24, 2.45) is 5.92 Å². The molecule has 218 valence electrons. The molecular formula is C30H43N5O5. The van der Waals surface area contributed by atoms with E-state index in [1.54, 1.807) is 35.2 Å². The van der Waals surface area contributed by atoms with E-state index in [9.17, 15) is 19.5 Å². The third-order valence-corrected chi connectivity index (χ3v) is 7.04. The van der Waals surface area contributed by atoms with Crippen LogP contribution in [0.5, 0.6) is 5.75 Å². The number of carbonyl (C=O) groups excluding carboxylic acids is 3. The molecular weight excluding hydrogens is 510 g/mol. The maximum absolute atomic E-state index is 13.5. The van der Waals surface area contributed by atoms with Crippen molar-refractivity contribution in [3.05, 3.63) is 48.0 Å². The predicted molar refractivity (Wildman–Crippen MR) is 157 cm³/mol. The van der Waals surface area contributed by atoms with Gasteiger partial charge < -0.3 is 36.0 Å². The summed E-state index contributed by atoms with van der Waals surface area (Å²) in [6.45, 7) is 4.84. The zero-order valence-electron chi connectivity index (χ0n) is 24.0. The van der Waals surface area contributed by atoms with Crippen molar-refractivity contribution < 1.29 is 24.2 Å². The quantitative estimate of drug-likeness (QED) is 0.233. The van der Waals surface area contributed by atoms with Gasteiger partial charge in [0.15, 0.2) is 0 Å². The first kappa shape index (κ1) is 30.9. The number of hydrogen-bond acceptors (Lipinski definition) is 7. The number of aliphatic hydroxyl groups is 1. The SMILES string of the molecule is C[C@@H]1CN([C@@H](C)CO)C(=O)c2cc(NC(=O)CCCCCC(=O)Nc3ccccc3N)ccc2O[C@@H]1CN(C)C. The Kier molecular flexibility index (Phi) is 11.3. The molecule has 0 spiro atoms. The van der Waals surface area contributed by atoms with Crippen LogP contribution in [-0.4, -0.2) is 78.6 Å². The Hall–Kier alpha value is -3.63. The molecule has 5 N–H and O–H groups in total. The smallest absolute Gasteiger partial charge is 0.258 e. The number of amides is 3. The van der Waals surface area contributed by atoms with Gasteiger partial charge in [-0.2, -0.15) is 0 Å². The van der Waals surface area contributed by atoms with E-state index in [0.29, 0.717) is 67.1 Å². The van der Waals surface area contributed by atoms with Crippen LogP contribution in [0.25, 0.3) is 0 Å². The number of anilines is 3. The van der Waals surface area contributed by atoms with E-state index < -0.39 is 0 Å². The number of para-hydroxylation sites is 2. The fraction of sp³-hybridized carbons (Fsp3) is 0.500. The molecule has 1 heterocycles. The number of carbonyl (C=O) groups is 3. The highest BCUT2D eigenvalue weighted by molar-refractivity contribution is 6.00. The summed E-state index contributed by atoms with van der Waals surface area (Å²) in [5, 5.41) is 15.5. The summed E-state index contributed by atoms with van der Waals surface area (Å²) in [4.78, 5) is 42.0. The lowest BCUT2D eigenvalue weighted by molar-refractivity contribution is -0.116. The number of hydrogen-bond donors (Lipinski definition) is 4. The number of nitrogen functional groups attached to an aromatic ring is 1. The fourth-order valence-electron chi connectivity index (χ4n) is 4.67. The van der Waals surface area contributed by atoms with Crippen LogP contribution in [0, 0.1) is 5.92 Å². The molecule has 0 saturated heterocycles. The largest absolute Gasteiger partial charge is 0.488 e. The number of nitrogens with zero attached hydrogens (tertiary/aromatic N) is 2. The number of fused-ring (bicyclic) bond motifs is 1. The average molecular weight is 554 g/mol. The standard InChI is InChI=1S/C30H43N5O5/c1-20-17-35(21(2)19-36)30(39)23-16-22(14-15-26(23)40-27(20)18-34(3)4)32-28(37)12-6-5-7-13-29(38)33-25-11-9-8-10-24(25)31/h8-11,14-16,20-21,27,36H,5-7,12-13,17-19,31H2,1-4H3,(H,32,37)(H,33,38)/t20-,21+,27-/m1/s1. The molecule has 10 heteroatoms. The van der Waals surface area contributed by atoms with E-state index in [1.165, 1.54) is 0 Å². The van der Waals surface area contributed by atoms with Gasteiger partial charge in [0.25, 0.3) is 5.91 Å². The van der Waals surface area contributed by atoms with Gasteiger partial charge in [0, 0.05) is 37.5 Å².